The van der Waals surface area contributed by atoms with Gasteiger partial charge in [0.15, 0.2) is 0 Å². The molecule has 2 aromatic heterocycles. The van der Waals surface area contributed by atoms with Crippen molar-refractivity contribution in [2.45, 2.75) is 13.8 Å². The second kappa shape index (κ2) is 10.2. The van der Waals surface area contributed by atoms with E-state index in [4.69, 9.17) is 9.84 Å². The molecule has 0 aliphatic heterocycles. The van der Waals surface area contributed by atoms with Gasteiger partial charge in [0, 0.05) is 18.0 Å². The van der Waals surface area contributed by atoms with E-state index >= 15 is 0 Å². The Labute approximate surface area is 197 Å². The van der Waals surface area contributed by atoms with E-state index in [-0.39, 0.29) is 0 Å². The highest BCUT2D eigenvalue weighted by atomic mass is 16.6. The van der Waals surface area contributed by atoms with Crippen molar-refractivity contribution in [1.29, 1.82) is 0 Å². The van der Waals surface area contributed by atoms with Crippen molar-refractivity contribution in [3.8, 4) is 22.8 Å². The molecule has 0 aliphatic rings. The quantitative estimate of drug-likeness (QED) is 0.298. The van der Waals surface area contributed by atoms with E-state index in [2.05, 4.69) is 24.0 Å². The molecular weight excluding hydrogens is 462 g/mol. The molecule has 0 spiro atoms. The largest absolute Gasteiger partial charge is 0.497 e. The summed E-state index contributed by atoms with van der Waals surface area (Å²) in [6.07, 6.45) is 4.07. The molecule has 0 radical (unpaired) electrons. The lowest BCUT2D eigenvalue weighted by atomic mass is 10.1. The maximum atomic E-state index is 10.4. The number of benzene rings is 2. The molecule has 2 heterocycles. The van der Waals surface area contributed by atoms with Crippen LogP contribution in [0, 0.1) is 37.3 Å². The van der Waals surface area contributed by atoms with Crippen LogP contribution < -0.4 is 4.74 Å². The van der Waals surface area contributed by atoms with Crippen LogP contribution >= 0.6 is 0 Å². The first kappa shape index (κ1) is 24.6. The van der Waals surface area contributed by atoms with Gasteiger partial charge in [0.2, 0.25) is 0 Å². The van der Waals surface area contributed by atoms with Crippen LogP contribution in [0.5, 0.6) is 11.5 Å². The molecule has 0 aliphatic carbocycles. The molecule has 0 fully saturated rings. The average molecular weight is 481 g/mol. The van der Waals surface area contributed by atoms with Crippen molar-refractivity contribution in [1.82, 2.24) is 9.38 Å². The monoisotopic (exact) mass is 481 g/mol. The number of nitrogens with zero attached hydrogens (tertiary/aromatic N) is 5. The zero-order chi connectivity index (χ0) is 25.7. The minimum absolute atomic E-state index is 0.447. The molecule has 180 valence electrons. The Hall–Kier alpha value is -5.07. The van der Waals surface area contributed by atoms with E-state index in [1.165, 1.54) is 5.56 Å². The third-order valence-electron chi connectivity index (χ3n) is 4.74. The van der Waals surface area contributed by atoms with Gasteiger partial charge in [-0.2, -0.15) is 0 Å². The smallest absolute Gasteiger partial charge is 0.324 e. The van der Waals surface area contributed by atoms with E-state index in [0.717, 1.165) is 22.7 Å². The Balaban J connectivity index is 0.000000199. The Morgan fingerprint density at radius 1 is 0.971 bits per heavy atom. The number of hydrogen-bond donors (Lipinski definition) is 1. The van der Waals surface area contributed by atoms with Gasteiger partial charge in [-0.05, 0) is 43.7 Å². The summed E-state index contributed by atoms with van der Waals surface area (Å²) in [6, 6.07) is 13.1. The summed E-state index contributed by atoms with van der Waals surface area (Å²) in [5.74, 6) is -0.328. The summed E-state index contributed by atoms with van der Waals surface area (Å²) in [6.45, 7) is 4.72. The number of aromatic nitrogens is 2. The standard InChI is InChI=1S/C16H16N2O.C6H3N3O7/c1-3-19-15-7-5-4-6-13(15)14-11-18-9-8-12(2)10-16(18)17-14;10-6-4(8(13)14)1-3(7(11)12)2-5(6)9(15)16/h4-11H,3H2,1-2H3;1-2,10H. The number of para-hydroxylation sites is 1. The molecule has 0 atom stereocenters. The number of ether oxygens (including phenoxy) is 1. The van der Waals surface area contributed by atoms with Crippen molar-refractivity contribution in [2.75, 3.05) is 6.61 Å². The number of rotatable bonds is 6. The number of phenolic OH excluding ortho intramolecular Hbond substituents is 1. The topological polar surface area (TPSA) is 176 Å². The molecule has 0 bridgehead atoms. The summed E-state index contributed by atoms with van der Waals surface area (Å²) >= 11 is 0. The maximum absolute atomic E-state index is 10.4. The second-order valence-electron chi connectivity index (χ2n) is 7.13. The van der Waals surface area contributed by atoms with Gasteiger partial charge in [0.25, 0.3) is 11.4 Å². The molecule has 4 aromatic rings. The van der Waals surface area contributed by atoms with E-state index in [9.17, 15) is 30.3 Å². The first-order valence-corrected chi connectivity index (χ1v) is 10.1. The Morgan fingerprint density at radius 2 is 1.60 bits per heavy atom. The predicted molar refractivity (Wildman–Crippen MR) is 125 cm³/mol. The van der Waals surface area contributed by atoms with Crippen molar-refractivity contribution in [3.05, 3.63) is 96.8 Å². The molecule has 0 amide bonds. The van der Waals surface area contributed by atoms with Gasteiger partial charge in [-0.15, -0.1) is 0 Å². The fourth-order valence-corrected chi connectivity index (χ4v) is 3.15. The van der Waals surface area contributed by atoms with Crippen LogP contribution in [-0.4, -0.2) is 35.9 Å². The van der Waals surface area contributed by atoms with Crippen molar-refractivity contribution < 1.29 is 24.6 Å². The van der Waals surface area contributed by atoms with Gasteiger partial charge in [-0.3, -0.25) is 30.3 Å². The molecule has 0 unspecified atom stereocenters. The number of hydrogen-bond acceptors (Lipinski definition) is 9. The fraction of sp³-hybridized carbons (Fsp3) is 0.136. The van der Waals surface area contributed by atoms with Crippen molar-refractivity contribution in [2.24, 2.45) is 0 Å². The molecular formula is C22H19N5O8. The van der Waals surface area contributed by atoms with Gasteiger partial charge in [0.05, 0.1) is 39.2 Å². The summed E-state index contributed by atoms with van der Waals surface area (Å²) < 4.78 is 7.69. The van der Waals surface area contributed by atoms with Crippen LogP contribution in [0.15, 0.2) is 60.9 Å². The number of aromatic hydroxyl groups is 1. The summed E-state index contributed by atoms with van der Waals surface area (Å²) in [4.78, 5) is 32.4. The molecule has 35 heavy (non-hydrogen) atoms. The zero-order valence-corrected chi connectivity index (χ0v) is 18.5. The number of non-ortho nitro benzene ring substituents is 1. The van der Waals surface area contributed by atoms with Gasteiger partial charge in [-0.1, -0.05) is 12.1 Å². The van der Waals surface area contributed by atoms with Gasteiger partial charge in [-0.25, -0.2) is 4.98 Å². The highest BCUT2D eigenvalue weighted by molar-refractivity contribution is 5.69. The Morgan fingerprint density at radius 3 is 2.17 bits per heavy atom. The molecule has 13 heteroatoms. The van der Waals surface area contributed by atoms with Crippen LogP contribution in [-0.2, 0) is 0 Å². The number of imidazole rings is 1. The second-order valence-corrected chi connectivity index (χ2v) is 7.13. The van der Waals surface area contributed by atoms with Gasteiger partial charge in [0.1, 0.15) is 11.4 Å². The average Bonchev–Trinajstić information content (AvgIpc) is 3.22. The summed E-state index contributed by atoms with van der Waals surface area (Å²) in [5, 5.41) is 40.2. The molecule has 0 saturated carbocycles. The van der Waals surface area contributed by atoms with E-state index in [1.54, 1.807) is 0 Å². The lowest BCUT2D eigenvalue weighted by molar-refractivity contribution is -0.404. The van der Waals surface area contributed by atoms with E-state index in [0.29, 0.717) is 18.7 Å². The van der Waals surface area contributed by atoms with Crippen LogP contribution in [0.4, 0.5) is 17.1 Å². The van der Waals surface area contributed by atoms with E-state index in [1.807, 2.05) is 48.0 Å². The van der Waals surface area contributed by atoms with E-state index < -0.39 is 37.6 Å². The maximum Gasteiger partial charge on any atom is 0.324 e. The fourth-order valence-electron chi connectivity index (χ4n) is 3.15. The third-order valence-corrected chi connectivity index (χ3v) is 4.74. The van der Waals surface area contributed by atoms with Gasteiger partial charge >= 0.3 is 11.4 Å². The molecule has 0 saturated heterocycles. The van der Waals surface area contributed by atoms with Crippen LogP contribution in [0.3, 0.4) is 0 Å². The zero-order valence-electron chi connectivity index (χ0n) is 18.5. The Bertz CT molecular complexity index is 1400. The number of phenols is 1. The third kappa shape index (κ3) is 5.47. The normalized spacial score (nSPS) is 10.3. The number of nitro groups is 3. The SMILES string of the molecule is CCOc1ccccc1-c1cn2ccc(C)cc2n1.O=[N+]([O-])c1cc([N+](=O)[O-])c(O)c([N+](=O)[O-])c1. The molecule has 4 rings (SSSR count). The minimum Gasteiger partial charge on any atom is -0.497 e. The highest BCUT2D eigenvalue weighted by Crippen LogP contribution is 2.39. The summed E-state index contributed by atoms with van der Waals surface area (Å²) in [7, 11) is 0. The highest BCUT2D eigenvalue weighted by Gasteiger charge is 2.30. The lowest BCUT2D eigenvalue weighted by Crippen LogP contribution is -1.97. The van der Waals surface area contributed by atoms with Crippen molar-refractivity contribution >= 4 is 22.7 Å². The summed E-state index contributed by atoms with van der Waals surface area (Å²) in [5.41, 5.74) is 1.14. The minimum atomic E-state index is -1.21. The number of nitro benzene ring substituents is 3. The number of pyridine rings is 1. The first-order chi connectivity index (χ1) is 16.6. The van der Waals surface area contributed by atoms with Crippen LogP contribution in [0.2, 0.25) is 0 Å². The molecule has 1 N–H and O–H groups in total. The number of aryl methyl sites for hydroxylation is 1. The van der Waals surface area contributed by atoms with Crippen LogP contribution in [0.25, 0.3) is 16.9 Å². The van der Waals surface area contributed by atoms with Gasteiger partial charge < -0.3 is 14.2 Å². The number of fused-ring (bicyclic) bond motifs is 1. The van der Waals surface area contributed by atoms with Crippen LogP contribution in [0.1, 0.15) is 12.5 Å². The van der Waals surface area contributed by atoms with Crippen molar-refractivity contribution in [3.63, 3.8) is 0 Å². The Kier molecular flexibility index (Phi) is 7.19. The predicted octanol–water partition coefficient (Wildman–Crippen LogP) is 4.83. The first-order valence-electron chi connectivity index (χ1n) is 10.1. The molecule has 13 nitrogen and oxygen atoms in total. The molecule has 2 aromatic carbocycles. The lowest BCUT2D eigenvalue weighted by Gasteiger charge is -2.07.